The van der Waals surface area contributed by atoms with Crippen LogP contribution < -0.4 is 5.32 Å². The maximum absolute atomic E-state index is 9.17. The first-order valence-electron chi connectivity index (χ1n) is 5.74. The third-order valence-corrected chi connectivity index (χ3v) is 3.37. The van der Waals surface area contributed by atoms with Crippen molar-refractivity contribution in [2.24, 2.45) is 0 Å². The predicted octanol–water partition coefficient (Wildman–Crippen LogP) is 2.75. The number of nitrogens with zero attached hydrogens (tertiary/aromatic N) is 2. The molecule has 0 aromatic carbocycles. The van der Waals surface area contributed by atoms with Gasteiger partial charge in [0.05, 0.1) is 11.8 Å². The molecule has 0 saturated heterocycles. The first-order chi connectivity index (χ1) is 7.99. The molecule has 1 heterocycles. The van der Waals surface area contributed by atoms with E-state index in [0.717, 1.165) is 18.7 Å². The summed E-state index contributed by atoms with van der Waals surface area (Å²) in [7, 11) is 0. The van der Waals surface area contributed by atoms with Crippen LogP contribution in [0.15, 0.2) is 15.9 Å². The summed E-state index contributed by atoms with van der Waals surface area (Å²) in [4.78, 5) is 4.25. The lowest BCUT2D eigenvalue weighted by Crippen LogP contribution is -2.42. The molecule has 4 nitrogen and oxygen atoms in total. The molecule has 0 fully saturated rings. The fourth-order valence-electron chi connectivity index (χ4n) is 1.72. The monoisotopic (exact) mass is 253 g/mol. The highest BCUT2D eigenvalue weighted by Crippen LogP contribution is 2.27. The van der Waals surface area contributed by atoms with Crippen LogP contribution in [0.3, 0.4) is 0 Å². The van der Waals surface area contributed by atoms with Crippen molar-refractivity contribution in [1.82, 2.24) is 10.3 Å². The van der Waals surface area contributed by atoms with Gasteiger partial charge in [0, 0.05) is 5.25 Å². The van der Waals surface area contributed by atoms with Crippen LogP contribution in [0.5, 0.6) is 0 Å². The van der Waals surface area contributed by atoms with E-state index in [1.165, 1.54) is 0 Å². The summed E-state index contributed by atoms with van der Waals surface area (Å²) in [6, 6.07) is 2.33. The SMILES string of the molecule is CCNC(C)(C#N)CC(C)Sc1nc(C)co1. The molecule has 0 bridgehead atoms. The maximum atomic E-state index is 9.17. The van der Waals surface area contributed by atoms with Crippen LogP contribution >= 0.6 is 11.8 Å². The van der Waals surface area contributed by atoms with Gasteiger partial charge in [-0.1, -0.05) is 25.6 Å². The predicted molar refractivity (Wildman–Crippen MR) is 68.9 cm³/mol. The molecule has 2 unspecified atom stereocenters. The summed E-state index contributed by atoms with van der Waals surface area (Å²) in [6.45, 7) is 8.70. The van der Waals surface area contributed by atoms with Crippen molar-refractivity contribution in [3.63, 3.8) is 0 Å². The first-order valence-corrected chi connectivity index (χ1v) is 6.62. The van der Waals surface area contributed by atoms with Crippen LogP contribution in [0.2, 0.25) is 0 Å². The van der Waals surface area contributed by atoms with Gasteiger partial charge in [-0.15, -0.1) is 0 Å². The molecule has 94 valence electrons. The van der Waals surface area contributed by atoms with Gasteiger partial charge in [-0.25, -0.2) is 4.98 Å². The summed E-state index contributed by atoms with van der Waals surface area (Å²) in [5.74, 6) is 0. The zero-order valence-electron chi connectivity index (χ0n) is 10.8. The quantitative estimate of drug-likeness (QED) is 0.790. The minimum atomic E-state index is -0.483. The van der Waals surface area contributed by atoms with Crippen LogP contribution in [0.25, 0.3) is 0 Å². The molecular formula is C12H19N3OS. The number of oxazole rings is 1. The molecule has 0 spiro atoms. The largest absolute Gasteiger partial charge is 0.440 e. The molecule has 1 aromatic rings. The molecule has 0 amide bonds. The molecule has 5 heteroatoms. The van der Waals surface area contributed by atoms with Crippen molar-refractivity contribution in [1.29, 1.82) is 5.26 Å². The van der Waals surface area contributed by atoms with Crippen LogP contribution in [0, 0.1) is 18.3 Å². The number of nitriles is 1. The Morgan fingerprint density at radius 2 is 2.41 bits per heavy atom. The van der Waals surface area contributed by atoms with Gasteiger partial charge in [0.25, 0.3) is 5.22 Å². The first kappa shape index (κ1) is 14.1. The maximum Gasteiger partial charge on any atom is 0.256 e. The van der Waals surface area contributed by atoms with Crippen molar-refractivity contribution in [2.45, 2.75) is 50.1 Å². The summed E-state index contributed by atoms with van der Waals surface area (Å²) < 4.78 is 5.29. The van der Waals surface area contributed by atoms with Crippen molar-refractivity contribution in [3.8, 4) is 6.07 Å². The van der Waals surface area contributed by atoms with Gasteiger partial charge in [-0.3, -0.25) is 5.32 Å². The Morgan fingerprint density at radius 3 is 2.88 bits per heavy atom. The second-order valence-corrected chi connectivity index (χ2v) is 5.75. The van der Waals surface area contributed by atoms with Gasteiger partial charge in [0.1, 0.15) is 11.8 Å². The number of hydrogen-bond donors (Lipinski definition) is 1. The molecule has 1 aromatic heterocycles. The Morgan fingerprint density at radius 1 is 1.71 bits per heavy atom. The van der Waals surface area contributed by atoms with Crippen molar-refractivity contribution in [2.75, 3.05) is 6.54 Å². The lowest BCUT2D eigenvalue weighted by Gasteiger charge is -2.25. The number of thioether (sulfide) groups is 1. The number of aryl methyl sites for hydroxylation is 1. The minimum Gasteiger partial charge on any atom is -0.440 e. The molecule has 2 atom stereocenters. The van der Waals surface area contributed by atoms with Crippen molar-refractivity contribution < 1.29 is 4.42 Å². The van der Waals surface area contributed by atoms with E-state index in [1.807, 2.05) is 20.8 Å². The molecule has 0 aliphatic carbocycles. The van der Waals surface area contributed by atoms with E-state index in [-0.39, 0.29) is 5.25 Å². The Kier molecular flexibility index (Phi) is 5.03. The fourth-order valence-corrected chi connectivity index (χ4v) is 2.78. The normalized spacial score (nSPS) is 16.2. The molecule has 17 heavy (non-hydrogen) atoms. The number of hydrogen-bond acceptors (Lipinski definition) is 5. The third-order valence-electron chi connectivity index (χ3n) is 2.41. The van der Waals surface area contributed by atoms with Crippen LogP contribution in [-0.2, 0) is 0 Å². The average Bonchev–Trinajstić information content (AvgIpc) is 2.64. The second-order valence-electron chi connectivity index (χ2n) is 4.36. The Labute approximate surface area is 107 Å². The van der Waals surface area contributed by atoms with E-state index in [2.05, 4.69) is 23.3 Å². The zero-order chi connectivity index (χ0) is 12.9. The number of nitrogens with one attached hydrogen (secondary N) is 1. The third kappa shape index (κ3) is 4.41. The van der Waals surface area contributed by atoms with Crippen molar-refractivity contribution >= 4 is 11.8 Å². The summed E-state index contributed by atoms with van der Waals surface area (Å²) in [5.41, 5.74) is 0.400. The standard InChI is InChI=1S/C12H19N3OS/c1-5-14-12(4,8-13)6-10(3)17-11-15-9(2)7-16-11/h7,10,14H,5-6H2,1-4H3. The van der Waals surface area contributed by atoms with Crippen LogP contribution in [-0.4, -0.2) is 22.3 Å². The Balaban J connectivity index is 2.54. The summed E-state index contributed by atoms with van der Waals surface area (Å²) >= 11 is 1.56. The van der Waals surface area contributed by atoms with E-state index in [0.29, 0.717) is 5.22 Å². The highest BCUT2D eigenvalue weighted by atomic mass is 32.2. The Bertz CT molecular complexity index is 399. The Hall–Kier alpha value is -0.990. The molecule has 1 N–H and O–H groups in total. The highest BCUT2D eigenvalue weighted by Gasteiger charge is 2.26. The molecular weight excluding hydrogens is 234 g/mol. The van der Waals surface area contributed by atoms with Gasteiger partial charge in [0.2, 0.25) is 0 Å². The summed E-state index contributed by atoms with van der Waals surface area (Å²) in [5, 5.41) is 13.3. The number of rotatable bonds is 6. The van der Waals surface area contributed by atoms with E-state index in [1.54, 1.807) is 18.0 Å². The molecule has 0 aliphatic rings. The van der Waals surface area contributed by atoms with Crippen molar-refractivity contribution in [3.05, 3.63) is 12.0 Å². The molecule has 0 saturated carbocycles. The van der Waals surface area contributed by atoms with Crippen LogP contribution in [0.1, 0.15) is 32.9 Å². The fraction of sp³-hybridized carbons (Fsp3) is 0.667. The van der Waals surface area contributed by atoms with E-state index >= 15 is 0 Å². The lowest BCUT2D eigenvalue weighted by atomic mass is 9.98. The van der Waals surface area contributed by atoms with E-state index in [9.17, 15) is 5.26 Å². The van der Waals surface area contributed by atoms with Gasteiger partial charge >= 0.3 is 0 Å². The smallest absolute Gasteiger partial charge is 0.256 e. The topological polar surface area (TPSA) is 61.9 Å². The molecule has 1 rings (SSSR count). The van der Waals surface area contributed by atoms with Crippen LogP contribution in [0.4, 0.5) is 0 Å². The molecule has 0 aliphatic heterocycles. The average molecular weight is 253 g/mol. The van der Waals surface area contributed by atoms with Gasteiger partial charge < -0.3 is 4.42 Å². The van der Waals surface area contributed by atoms with Gasteiger partial charge in [-0.2, -0.15) is 5.26 Å². The summed E-state index contributed by atoms with van der Waals surface area (Å²) in [6.07, 6.45) is 2.40. The molecule has 0 radical (unpaired) electrons. The minimum absolute atomic E-state index is 0.275. The van der Waals surface area contributed by atoms with E-state index < -0.39 is 5.54 Å². The van der Waals surface area contributed by atoms with E-state index in [4.69, 9.17) is 4.42 Å². The van der Waals surface area contributed by atoms with Gasteiger partial charge in [-0.05, 0) is 26.8 Å². The number of aromatic nitrogens is 1. The second kappa shape index (κ2) is 6.08. The van der Waals surface area contributed by atoms with Gasteiger partial charge in [0.15, 0.2) is 0 Å². The lowest BCUT2D eigenvalue weighted by molar-refractivity contribution is 0.424. The zero-order valence-corrected chi connectivity index (χ0v) is 11.6. The highest BCUT2D eigenvalue weighted by molar-refractivity contribution is 7.99.